The van der Waals surface area contributed by atoms with E-state index in [0.29, 0.717) is 28.0 Å². The zero-order chi connectivity index (χ0) is 20.6. The average molecular weight is 397 g/mol. The second-order valence-corrected chi connectivity index (χ2v) is 6.26. The Morgan fingerprint density at radius 1 is 0.931 bits per heavy atom. The molecule has 0 unspecified atom stereocenters. The van der Waals surface area contributed by atoms with Gasteiger partial charge >= 0.3 is 6.36 Å². The Morgan fingerprint density at radius 3 is 2.28 bits per heavy atom. The molecule has 0 saturated heterocycles. The van der Waals surface area contributed by atoms with Crippen molar-refractivity contribution in [3.63, 3.8) is 0 Å². The Balaban J connectivity index is 1.75. The quantitative estimate of drug-likeness (QED) is 0.506. The third kappa shape index (κ3) is 3.77. The summed E-state index contributed by atoms with van der Waals surface area (Å²) in [5.74, 6) is -0.313. The summed E-state index contributed by atoms with van der Waals surface area (Å²) in [5, 5.41) is 0. The first-order chi connectivity index (χ1) is 13.8. The summed E-state index contributed by atoms with van der Waals surface area (Å²) in [5.41, 5.74) is 8.52. The Morgan fingerprint density at radius 2 is 1.62 bits per heavy atom. The molecular formula is C21H14F3N3O2. The lowest BCUT2D eigenvalue weighted by molar-refractivity contribution is -0.274. The molecule has 8 heteroatoms. The van der Waals surface area contributed by atoms with Crippen molar-refractivity contribution in [2.24, 2.45) is 0 Å². The molecule has 5 nitrogen and oxygen atoms in total. The molecule has 4 aromatic rings. The SMILES string of the molecule is Nc1nc2ccc(C(=O)c3ccccc3)cn2c1-c1ccc(OC(F)(F)F)cc1. The van der Waals surface area contributed by atoms with Crippen LogP contribution in [0.2, 0.25) is 0 Å². The predicted molar refractivity (Wildman–Crippen MR) is 102 cm³/mol. The van der Waals surface area contributed by atoms with Crippen LogP contribution in [0.3, 0.4) is 0 Å². The maximum absolute atomic E-state index is 12.7. The van der Waals surface area contributed by atoms with Gasteiger partial charge in [0.25, 0.3) is 0 Å². The van der Waals surface area contributed by atoms with E-state index in [-0.39, 0.29) is 17.4 Å². The fourth-order valence-electron chi connectivity index (χ4n) is 3.05. The van der Waals surface area contributed by atoms with E-state index in [1.165, 1.54) is 24.3 Å². The number of alkyl halides is 3. The lowest BCUT2D eigenvalue weighted by Crippen LogP contribution is -2.16. The molecule has 2 N–H and O–H groups in total. The van der Waals surface area contributed by atoms with Crippen molar-refractivity contribution in [1.82, 2.24) is 9.38 Å². The van der Waals surface area contributed by atoms with Crippen molar-refractivity contribution in [1.29, 1.82) is 0 Å². The molecule has 146 valence electrons. The van der Waals surface area contributed by atoms with E-state index in [0.717, 1.165) is 0 Å². The molecule has 0 saturated carbocycles. The summed E-state index contributed by atoms with van der Waals surface area (Å²) < 4.78 is 42.6. The molecule has 0 aliphatic rings. The van der Waals surface area contributed by atoms with Crippen molar-refractivity contribution in [2.75, 3.05) is 5.73 Å². The zero-order valence-corrected chi connectivity index (χ0v) is 14.9. The fourth-order valence-corrected chi connectivity index (χ4v) is 3.05. The minimum atomic E-state index is -4.77. The average Bonchev–Trinajstić information content (AvgIpc) is 3.02. The van der Waals surface area contributed by atoms with Gasteiger partial charge in [-0.2, -0.15) is 0 Å². The second kappa shape index (κ2) is 6.97. The Labute approximate surface area is 163 Å². The maximum Gasteiger partial charge on any atom is 0.573 e. The number of fused-ring (bicyclic) bond motifs is 1. The van der Waals surface area contributed by atoms with Gasteiger partial charge in [-0.3, -0.25) is 9.20 Å². The second-order valence-electron chi connectivity index (χ2n) is 6.26. The molecular weight excluding hydrogens is 383 g/mol. The van der Waals surface area contributed by atoms with Crippen LogP contribution in [0, 0.1) is 0 Å². The molecule has 2 heterocycles. The molecule has 0 radical (unpaired) electrons. The number of pyridine rings is 1. The summed E-state index contributed by atoms with van der Waals surface area (Å²) in [7, 11) is 0. The number of hydrogen-bond donors (Lipinski definition) is 1. The van der Waals surface area contributed by atoms with Crippen LogP contribution in [0.5, 0.6) is 5.75 Å². The number of aromatic nitrogens is 2. The van der Waals surface area contributed by atoms with E-state index in [9.17, 15) is 18.0 Å². The first kappa shape index (κ1) is 18.5. The van der Waals surface area contributed by atoms with Gasteiger partial charge in [0.15, 0.2) is 11.6 Å². The summed E-state index contributed by atoms with van der Waals surface area (Å²) in [4.78, 5) is 17.0. The number of ketones is 1. The van der Waals surface area contributed by atoms with Crippen molar-refractivity contribution in [3.8, 4) is 17.0 Å². The van der Waals surface area contributed by atoms with Crippen LogP contribution >= 0.6 is 0 Å². The van der Waals surface area contributed by atoms with Gasteiger partial charge in [-0.05, 0) is 36.4 Å². The van der Waals surface area contributed by atoms with Gasteiger partial charge in [-0.25, -0.2) is 4.98 Å². The van der Waals surface area contributed by atoms with Crippen LogP contribution in [-0.2, 0) is 0 Å². The lowest BCUT2D eigenvalue weighted by atomic mass is 10.1. The molecule has 0 aliphatic heterocycles. The molecule has 0 spiro atoms. The molecule has 4 rings (SSSR count). The highest BCUT2D eigenvalue weighted by molar-refractivity contribution is 6.09. The molecule has 2 aromatic heterocycles. The number of hydrogen-bond acceptors (Lipinski definition) is 4. The summed E-state index contributed by atoms with van der Waals surface area (Å²) >= 11 is 0. The van der Waals surface area contributed by atoms with Gasteiger partial charge in [-0.1, -0.05) is 30.3 Å². The Kier molecular flexibility index (Phi) is 4.46. The molecule has 0 aliphatic carbocycles. The van der Waals surface area contributed by atoms with E-state index in [1.54, 1.807) is 47.0 Å². The van der Waals surface area contributed by atoms with E-state index >= 15 is 0 Å². The summed E-state index contributed by atoms with van der Waals surface area (Å²) in [6.07, 6.45) is -3.15. The Bertz CT molecular complexity index is 1180. The number of nitrogen functional groups attached to an aromatic ring is 1. The highest BCUT2D eigenvalue weighted by Crippen LogP contribution is 2.30. The minimum Gasteiger partial charge on any atom is -0.406 e. The van der Waals surface area contributed by atoms with E-state index < -0.39 is 6.36 Å². The normalized spacial score (nSPS) is 11.6. The van der Waals surface area contributed by atoms with Crippen LogP contribution in [0.1, 0.15) is 15.9 Å². The smallest absolute Gasteiger partial charge is 0.406 e. The zero-order valence-electron chi connectivity index (χ0n) is 14.9. The molecule has 0 atom stereocenters. The van der Waals surface area contributed by atoms with Crippen LogP contribution in [0.15, 0.2) is 72.9 Å². The number of nitrogens with zero attached hydrogens (tertiary/aromatic N) is 2. The van der Waals surface area contributed by atoms with Crippen LogP contribution in [-0.4, -0.2) is 21.5 Å². The van der Waals surface area contributed by atoms with Gasteiger partial charge in [-0.15, -0.1) is 13.2 Å². The third-order valence-corrected chi connectivity index (χ3v) is 4.30. The fraction of sp³-hybridized carbons (Fsp3) is 0.0476. The van der Waals surface area contributed by atoms with Crippen molar-refractivity contribution >= 4 is 17.2 Å². The van der Waals surface area contributed by atoms with Gasteiger partial charge in [0, 0.05) is 22.9 Å². The number of ether oxygens (including phenoxy) is 1. The molecule has 0 bridgehead atoms. The number of halogens is 3. The van der Waals surface area contributed by atoms with Crippen molar-refractivity contribution in [3.05, 3.63) is 84.1 Å². The standard InChI is InChI=1S/C21H14F3N3O2/c22-21(23,24)29-16-9-6-13(7-10-16)18-20(25)26-17-11-8-15(12-27(17)18)19(28)14-4-2-1-3-5-14/h1-12H,25H2. The largest absolute Gasteiger partial charge is 0.573 e. The van der Waals surface area contributed by atoms with Crippen molar-refractivity contribution in [2.45, 2.75) is 6.36 Å². The van der Waals surface area contributed by atoms with Gasteiger partial charge in [0.1, 0.15) is 11.4 Å². The maximum atomic E-state index is 12.7. The van der Waals surface area contributed by atoms with Gasteiger partial charge < -0.3 is 10.5 Å². The van der Waals surface area contributed by atoms with E-state index in [4.69, 9.17) is 5.73 Å². The molecule has 29 heavy (non-hydrogen) atoms. The van der Waals surface area contributed by atoms with E-state index in [1.807, 2.05) is 6.07 Å². The third-order valence-electron chi connectivity index (χ3n) is 4.30. The van der Waals surface area contributed by atoms with Gasteiger partial charge in [0.2, 0.25) is 0 Å². The molecule has 0 amide bonds. The summed E-state index contributed by atoms with van der Waals surface area (Å²) in [6, 6.07) is 17.4. The Hall–Kier alpha value is -3.81. The number of benzene rings is 2. The number of imidazole rings is 1. The summed E-state index contributed by atoms with van der Waals surface area (Å²) in [6.45, 7) is 0. The number of anilines is 1. The first-order valence-corrected chi connectivity index (χ1v) is 8.55. The lowest BCUT2D eigenvalue weighted by Gasteiger charge is -2.10. The van der Waals surface area contributed by atoms with Gasteiger partial charge in [0.05, 0.1) is 5.69 Å². The predicted octanol–water partition coefficient (Wildman–Crippen LogP) is 4.71. The van der Waals surface area contributed by atoms with Crippen LogP contribution in [0.4, 0.5) is 19.0 Å². The van der Waals surface area contributed by atoms with E-state index in [2.05, 4.69) is 9.72 Å². The number of rotatable bonds is 4. The monoisotopic (exact) mass is 397 g/mol. The number of nitrogens with two attached hydrogens (primary N) is 1. The molecule has 2 aromatic carbocycles. The topological polar surface area (TPSA) is 69.6 Å². The molecule has 0 fully saturated rings. The number of carbonyl (C=O) groups is 1. The number of carbonyl (C=O) groups excluding carboxylic acids is 1. The highest BCUT2D eigenvalue weighted by Gasteiger charge is 2.31. The van der Waals surface area contributed by atoms with Crippen molar-refractivity contribution < 1.29 is 22.7 Å². The van der Waals surface area contributed by atoms with Crippen LogP contribution in [0.25, 0.3) is 16.9 Å². The highest BCUT2D eigenvalue weighted by atomic mass is 19.4. The first-order valence-electron chi connectivity index (χ1n) is 8.55. The van der Waals surface area contributed by atoms with Crippen LogP contribution < -0.4 is 10.5 Å². The minimum absolute atomic E-state index is 0.167.